The number of rotatable bonds is 1. The molecule has 0 saturated carbocycles. The second kappa shape index (κ2) is 3.79. The van der Waals surface area contributed by atoms with E-state index in [9.17, 15) is 26.7 Å². The summed E-state index contributed by atoms with van der Waals surface area (Å²) in [4.78, 5) is 11.7. The third kappa shape index (κ3) is 2.10. The lowest BCUT2D eigenvalue weighted by Crippen LogP contribution is -2.56. The van der Waals surface area contributed by atoms with Crippen molar-refractivity contribution in [3.63, 3.8) is 0 Å². The van der Waals surface area contributed by atoms with Gasteiger partial charge in [-0.1, -0.05) is 0 Å². The van der Waals surface area contributed by atoms with Crippen molar-refractivity contribution < 1.29 is 31.5 Å². The molecule has 17 heavy (non-hydrogen) atoms. The van der Waals surface area contributed by atoms with Crippen molar-refractivity contribution in [1.82, 2.24) is 4.90 Å². The van der Waals surface area contributed by atoms with E-state index in [1.54, 1.807) is 0 Å². The fourth-order valence-electron chi connectivity index (χ4n) is 2.10. The van der Waals surface area contributed by atoms with Crippen molar-refractivity contribution in [1.29, 1.82) is 0 Å². The van der Waals surface area contributed by atoms with Crippen LogP contribution in [0.1, 0.15) is 12.8 Å². The number of hydrogen-bond donors (Lipinski definition) is 0. The summed E-state index contributed by atoms with van der Waals surface area (Å²) in [6.45, 7) is -0.387. The van der Waals surface area contributed by atoms with Crippen LogP contribution in [0.25, 0.3) is 0 Å². The van der Waals surface area contributed by atoms with Gasteiger partial charge in [-0.15, -0.1) is 0 Å². The van der Waals surface area contributed by atoms with E-state index in [2.05, 4.69) is 0 Å². The van der Waals surface area contributed by atoms with E-state index in [0.717, 1.165) is 0 Å². The standard InChI is InChI=1S/C9H10F5NO2/c10-8(11,9(12,13)14)7(16)15-3-5-1-2-6(4-15)17-5/h5-6H,1-4H2. The highest BCUT2D eigenvalue weighted by Crippen LogP contribution is 2.38. The molecule has 0 spiro atoms. The van der Waals surface area contributed by atoms with Crippen LogP contribution in [0.5, 0.6) is 0 Å². The molecule has 0 aromatic carbocycles. The average Bonchev–Trinajstić information content (AvgIpc) is 2.55. The lowest BCUT2D eigenvalue weighted by atomic mass is 10.2. The van der Waals surface area contributed by atoms with Gasteiger partial charge in [-0.3, -0.25) is 4.79 Å². The van der Waals surface area contributed by atoms with Crippen LogP contribution in [0.4, 0.5) is 22.0 Å². The van der Waals surface area contributed by atoms with E-state index in [4.69, 9.17) is 4.74 Å². The summed E-state index contributed by atoms with van der Waals surface area (Å²) >= 11 is 0. The van der Waals surface area contributed by atoms with Gasteiger partial charge in [0.05, 0.1) is 12.2 Å². The third-order valence-electron chi connectivity index (χ3n) is 2.96. The summed E-state index contributed by atoms with van der Waals surface area (Å²) in [5.41, 5.74) is 0. The van der Waals surface area contributed by atoms with Crippen LogP contribution < -0.4 is 0 Å². The molecule has 1 amide bonds. The Kier molecular flexibility index (Phi) is 2.80. The van der Waals surface area contributed by atoms with Gasteiger partial charge in [0.15, 0.2) is 0 Å². The smallest absolute Gasteiger partial charge is 0.371 e. The first-order chi connectivity index (χ1) is 7.72. The van der Waals surface area contributed by atoms with Gasteiger partial charge in [-0.25, -0.2) is 0 Å². The molecule has 2 aliphatic heterocycles. The highest BCUT2D eigenvalue weighted by atomic mass is 19.4. The van der Waals surface area contributed by atoms with Crippen LogP contribution in [0.15, 0.2) is 0 Å². The molecule has 2 aliphatic rings. The molecule has 0 N–H and O–H groups in total. The first-order valence-electron chi connectivity index (χ1n) is 5.11. The summed E-state index contributed by atoms with van der Waals surface area (Å²) in [5, 5.41) is 0. The summed E-state index contributed by atoms with van der Waals surface area (Å²) < 4.78 is 67.0. The number of carbonyl (C=O) groups is 1. The van der Waals surface area contributed by atoms with Gasteiger partial charge < -0.3 is 9.64 Å². The molecule has 8 heteroatoms. The number of hydrogen-bond acceptors (Lipinski definition) is 2. The number of nitrogens with zero attached hydrogens (tertiary/aromatic N) is 1. The molecule has 2 bridgehead atoms. The summed E-state index contributed by atoms with van der Waals surface area (Å²) in [6, 6.07) is 0. The molecule has 0 radical (unpaired) electrons. The number of carbonyl (C=O) groups excluding carboxylic acids is 1. The Balaban J connectivity index is 2.10. The minimum absolute atomic E-state index is 0.193. The molecule has 98 valence electrons. The maximum absolute atomic E-state index is 12.8. The predicted molar refractivity (Wildman–Crippen MR) is 45.5 cm³/mol. The monoisotopic (exact) mass is 259 g/mol. The van der Waals surface area contributed by atoms with Crippen molar-refractivity contribution in [3.8, 4) is 0 Å². The lowest BCUT2D eigenvalue weighted by Gasteiger charge is -2.34. The highest BCUT2D eigenvalue weighted by Gasteiger charge is 2.65. The fraction of sp³-hybridized carbons (Fsp3) is 0.889. The Bertz CT molecular complexity index is 318. The van der Waals surface area contributed by atoms with E-state index in [0.29, 0.717) is 17.7 Å². The van der Waals surface area contributed by atoms with Gasteiger partial charge in [0.25, 0.3) is 0 Å². The Hall–Kier alpha value is -0.920. The Labute approximate surface area is 93.5 Å². The van der Waals surface area contributed by atoms with Gasteiger partial charge in [-0.05, 0) is 12.8 Å². The first-order valence-corrected chi connectivity index (χ1v) is 5.11. The fourth-order valence-corrected chi connectivity index (χ4v) is 2.10. The number of alkyl halides is 5. The third-order valence-corrected chi connectivity index (χ3v) is 2.96. The van der Waals surface area contributed by atoms with Crippen LogP contribution in [0.3, 0.4) is 0 Å². The largest absolute Gasteiger partial charge is 0.463 e. The molecular formula is C9H10F5NO2. The summed E-state index contributed by atoms with van der Waals surface area (Å²) in [6.07, 6.45) is -5.50. The van der Waals surface area contributed by atoms with Crippen molar-refractivity contribution in [3.05, 3.63) is 0 Å². The minimum atomic E-state index is -5.85. The van der Waals surface area contributed by atoms with Crippen LogP contribution in [-0.4, -0.2) is 48.2 Å². The van der Waals surface area contributed by atoms with E-state index in [1.165, 1.54) is 0 Å². The molecular weight excluding hydrogens is 249 g/mol. The molecule has 0 aromatic heterocycles. The second-order valence-electron chi connectivity index (χ2n) is 4.24. The van der Waals surface area contributed by atoms with Crippen LogP contribution >= 0.6 is 0 Å². The van der Waals surface area contributed by atoms with E-state index in [1.807, 2.05) is 0 Å². The number of likely N-dealkylation sites (tertiary alicyclic amines) is 1. The SMILES string of the molecule is O=C(N1CC2CCC(C1)O2)C(F)(F)C(F)(F)F. The first kappa shape index (κ1) is 12.5. The zero-order valence-corrected chi connectivity index (χ0v) is 8.64. The highest BCUT2D eigenvalue weighted by molar-refractivity contribution is 5.84. The van der Waals surface area contributed by atoms with Crippen LogP contribution in [0.2, 0.25) is 0 Å². The zero-order chi connectivity index (χ0) is 12.8. The number of morpholine rings is 1. The van der Waals surface area contributed by atoms with E-state index >= 15 is 0 Å². The van der Waals surface area contributed by atoms with Gasteiger partial charge in [-0.2, -0.15) is 22.0 Å². The van der Waals surface area contributed by atoms with Crippen molar-refractivity contribution in [2.24, 2.45) is 0 Å². The maximum atomic E-state index is 12.8. The van der Waals surface area contributed by atoms with Gasteiger partial charge >= 0.3 is 18.0 Å². The van der Waals surface area contributed by atoms with E-state index < -0.39 is 30.2 Å². The molecule has 2 unspecified atom stereocenters. The molecule has 2 saturated heterocycles. The molecule has 2 atom stereocenters. The second-order valence-corrected chi connectivity index (χ2v) is 4.24. The molecule has 3 nitrogen and oxygen atoms in total. The minimum Gasteiger partial charge on any atom is -0.371 e. The molecule has 2 heterocycles. The molecule has 0 aliphatic carbocycles. The molecule has 2 fully saturated rings. The Morgan fingerprint density at radius 2 is 1.53 bits per heavy atom. The zero-order valence-electron chi connectivity index (χ0n) is 8.64. The summed E-state index contributed by atoms with van der Waals surface area (Å²) in [7, 11) is 0. The maximum Gasteiger partial charge on any atom is 0.463 e. The topological polar surface area (TPSA) is 29.5 Å². The van der Waals surface area contributed by atoms with E-state index in [-0.39, 0.29) is 13.1 Å². The predicted octanol–water partition coefficient (Wildman–Crippen LogP) is 1.57. The number of amides is 1. The van der Waals surface area contributed by atoms with Gasteiger partial charge in [0, 0.05) is 13.1 Å². The number of ether oxygens (including phenoxy) is 1. The van der Waals surface area contributed by atoms with Crippen molar-refractivity contribution in [2.45, 2.75) is 37.1 Å². The van der Waals surface area contributed by atoms with Crippen LogP contribution in [0, 0.1) is 0 Å². The Morgan fingerprint density at radius 1 is 1.06 bits per heavy atom. The molecule has 2 rings (SSSR count). The lowest BCUT2D eigenvalue weighted by molar-refractivity contribution is -0.276. The summed E-state index contributed by atoms with van der Waals surface area (Å²) in [5.74, 6) is -7.49. The van der Waals surface area contributed by atoms with Crippen molar-refractivity contribution >= 4 is 5.91 Å². The quantitative estimate of drug-likeness (QED) is 0.669. The Morgan fingerprint density at radius 3 is 1.94 bits per heavy atom. The number of fused-ring (bicyclic) bond motifs is 2. The normalized spacial score (nSPS) is 29.6. The average molecular weight is 259 g/mol. The van der Waals surface area contributed by atoms with Crippen molar-refractivity contribution in [2.75, 3.05) is 13.1 Å². The van der Waals surface area contributed by atoms with Gasteiger partial charge in [0.2, 0.25) is 0 Å². The number of halogens is 5. The molecule has 0 aromatic rings. The van der Waals surface area contributed by atoms with Gasteiger partial charge in [0.1, 0.15) is 0 Å². The van der Waals surface area contributed by atoms with Crippen LogP contribution in [-0.2, 0) is 9.53 Å².